The van der Waals surface area contributed by atoms with Gasteiger partial charge in [-0.15, -0.1) is 13.2 Å². The van der Waals surface area contributed by atoms with Crippen molar-refractivity contribution in [2.75, 3.05) is 19.8 Å². The molecule has 13 heteroatoms. The number of alkyl carbamates (subject to hydrolysis) is 1. The highest BCUT2D eigenvalue weighted by Gasteiger charge is 2.42. The molecule has 1 aromatic carbocycles. The van der Waals surface area contributed by atoms with Gasteiger partial charge in [-0.25, -0.2) is 14.6 Å². The molecule has 0 unspecified atom stereocenters. The van der Waals surface area contributed by atoms with E-state index in [1.165, 1.54) is 29.3 Å². The summed E-state index contributed by atoms with van der Waals surface area (Å²) in [7, 11) is 0. The van der Waals surface area contributed by atoms with E-state index in [9.17, 15) is 32.7 Å². The van der Waals surface area contributed by atoms with Crippen molar-refractivity contribution in [3.63, 3.8) is 0 Å². The first-order valence-corrected chi connectivity index (χ1v) is 13.7. The van der Waals surface area contributed by atoms with Crippen LogP contribution in [0.3, 0.4) is 0 Å². The first-order chi connectivity index (χ1) is 19.7. The quantitative estimate of drug-likeness (QED) is 0.279. The minimum Gasteiger partial charge on any atom is -0.493 e. The van der Waals surface area contributed by atoms with Crippen LogP contribution in [-0.2, 0) is 19.1 Å². The maximum Gasteiger partial charge on any atom is 0.573 e. The van der Waals surface area contributed by atoms with E-state index in [2.05, 4.69) is 15.0 Å². The topological polar surface area (TPSA) is 127 Å². The number of ether oxygens (including phenoxy) is 3. The van der Waals surface area contributed by atoms with Crippen LogP contribution in [0.2, 0.25) is 0 Å². The third kappa shape index (κ3) is 8.73. The number of carbonyl (C=O) groups excluding carboxylic acids is 3. The van der Waals surface area contributed by atoms with Crippen molar-refractivity contribution in [2.45, 2.75) is 71.8 Å². The van der Waals surface area contributed by atoms with Crippen LogP contribution in [0.4, 0.5) is 18.0 Å². The number of alkyl halides is 3. The van der Waals surface area contributed by atoms with E-state index in [4.69, 9.17) is 9.47 Å². The highest BCUT2D eigenvalue weighted by Crippen LogP contribution is 2.35. The summed E-state index contributed by atoms with van der Waals surface area (Å²) in [6.07, 6.45) is 0.657. The molecule has 42 heavy (non-hydrogen) atoms. The van der Waals surface area contributed by atoms with Crippen molar-refractivity contribution >= 4 is 34.8 Å². The Bertz CT molecular complexity index is 1310. The number of rotatable bonds is 10. The number of aromatic hydroxyl groups is 1. The summed E-state index contributed by atoms with van der Waals surface area (Å²) >= 11 is 0. The van der Waals surface area contributed by atoms with E-state index in [1.807, 2.05) is 0 Å². The summed E-state index contributed by atoms with van der Waals surface area (Å²) in [6.45, 7) is 7.69. The third-order valence-corrected chi connectivity index (χ3v) is 6.60. The number of unbranched alkanes of at least 4 members (excludes halogenated alkanes) is 1. The lowest BCUT2D eigenvalue weighted by Gasteiger charge is -2.34. The zero-order chi connectivity index (χ0) is 31.1. The molecule has 0 spiro atoms. The van der Waals surface area contributed by atoms with Gasteiger partial charge in [-0.1, -0.05) is 32.9 Å². The van der Waals surface area contributed by atoms with Gasteiger partial charge >= 0.3 is 18.4 Å². The van der Waals surface area contributed by atoms with Gasteiger partial charge in [-0.05, 0) is 61.8 Å². The Labute approximate surface area is 241 Å². The van der Waals surface area contributed by atoms with Gasteiger partial charge in [0.2, 0.25) is 11.8 Å². The summed E-state index contributed by atoms with van der Waals surface area (Å²) in [6, 6.07) is 2.37. The Hall–Kier alpha value is -4.03. The Kier molecular flexibility index (Phi) is 10.6. The maximum atomic E-state index is 13.3. The fourth-order valence-electron chi connectivity index (χ4n) is 4.64. The van der Waals surface area contributed by atoms with Gasteiger partial charge in [0.05, 0.1) is 13.2 Å². The number of allylic oxidation sites excluding steroid dienone is 1. The molecule has 0 radical (unpaired) electrons. The Morgan fingerprint density at radius 3 is 2.60 bits per heavy atom. The van der Waals surface area contributed by atoms with Crippen LogP contribution in [0.15, 0.2) is 30.5 Å². The van der Waals surface area contributed by atoms with E-state index in [0.29, 0.717) is 37.8 Å². The minimum atomic E-state index is -4.92. The fourth-order valence-corrected chi connectivity index (χ4v) is 4.64. The van der Waals surface area contributed by atoms with Gasteiger partial charge in [0.15, 0.2) is 0 Å². The van der Waals surface area contributed by atoms with E-state index in [-0.39, 0.29) is 29.9 Å². The van der Waals surface area contributed by atoms with Crippen LogP contribution in [0.25, 0.3) is 16.8 Å². The molecule has 2 heterocycles. The highest BCUT2D eigenvalue weighted by molar-refractivity contribution is 5.93. The maximum absolute atomic E-state index is 13.3. The molecule has 2 aromatic rings. The molecule has 1 aliphatic heterocycles. The first-order valence-electron chi connectivity index (χ1n) is 13.7. The van der Waals surface area contributed by atoms with Crippen LogP contribution >= 0.6 is 0 Å². The lowest BCUT2D eigenvalue weighted by molar-refractivity contribution is -0.274. The average Bonchev–Trinajstić information content (AvgIpc) is 3.38. The lowest BCUT2D eigenvalue weighted by atomic mass is 9.85. The molecule has 1 fully saturated rings. The summed E-state index contributed by atoms with van der Waals surface area (Å²) in [5.74, 6) is -1.75. The number of nitrogens with zero attached hydrogens (tertiary/aromatic N) is 2. The Balaban J connectivity index is 1.56. The van der Waals surface area contributed by atoms with Gasteiger partial charge in [0, 0.05) is 23.5 Å². The van der Waals surface area contributed by atoms with E-state index in [0.717, 1.165) is 0 Å². The van der Waals surface area contributed by atoms with Gasteiger partial charge in [-0.3, -0.25) is 4.79 Å². The van der Waals surface area contributed by atoms with Crippen LogP contribution in [-0.4, -0.2) is 71.2 Å². The van der Waals surface area contributed by atoms with Crippen molar-refractivity contribution < 1.29 is 46.9 Å². The van der Waals surface area contributed by atoms with Crippen LogP contribution in [0, 0.1) is 5.41 Å². The van der Waals surface area contributed by atoms with Crippen molar-refractivity contribution in [1.29, 1.82) is 0 Å². The molecule has 1 aliphatic rings. The zero-order valence-electron chi connectivity index (χ0n) is 24.0. The van der Waals surface area contributed by atoms with E-state index in [1.54, 1.807) is 39.8 Å². The fraction of sp³-hybridized carbons (Fsp3) is 0.517. The average molecular weight is 596 g/mol. The Morgan fingerprint density at radius 2 is 1.93 bits per heavy atom. The SMILES string of the molecule is CCOC(=O)[C@@H]1CCCN1C(=O)[C@@H](NC(=O)OCCC/C=C/c1cc(OC(F)(F)F)c2ccnc(O)c2c1)C(C)(C)C. The number of pyridine rings is 1. The van der Waals surface area contributed by atoms with Gasteiger partial charge in [-0.2, -0.15) is 0 Å². The second-order valence-electron chi connectivity index (χ2n) is 10.9. The number of nitrogens with one attached hydrogen (secondary N) is 1. The molecule has 0 aliphatic carbocycles. The number of benzene rings is 1. The van der Waals surface area contributed by atoms with Gasteiger partial charge in [0.25, 0.3) is 0 Å². The van der Waals surface area contributed by atoms with E-state index < -0.39 is 47.6 Å². The molecule has 0 bridgehead atoms. The van der Waals surface area contributed by atoms with Crippen molar-refractivity contribution in [2.24, 2.45) is 5.41 Å². The molecule has 10 nitrogen and oxygen atoms in total. The number of aromatic nitrogens is 1. The van der Waals surface area contributed by atoms with Crippen LogP contribution in [0.5, 0.6) is 11.6 Å². The third-order valence-electron chi connectivity index (χ3n) is 6.60. The number of esters is 1. The second-order valence-corrected chi connectivity index (χ2v) is 10.9. The summed E-state index contributed by atoms with van der Waals surface area (Å²) in [4.78, 5) is 43.4. The molecule has 2 N–H and O–H groups in total. The summed E-state index contributed by atoms with van der Waals surface area (Å²) in [5.41, 5.74) is -0.322. The number of amides is 2. The number of halogens is 3. The highest BCUT2D eigenvalue weighted by atomic mass is 19.4. The van der Waals surface area contributed by atoms with Gasteiger partial charge < -0.3 is 29.5 Å². The van der Waals surface area contributed by atoms with Crippen LogP contribution in [0.1, 0.15) is 58.9 Å². The monoisotopic (exact) mass is 595 g/mol. The smallest absolute Gasteiger partial charge is 0.493 e. The number of hydrogen-bond acceptors (Lipinski definition) is 8. The number of fused-ring (bicyclic) bond motifs is 1. The molecular formula is C29H36F3N3O7. The standard InChI is InChI=1S/C29H36F3N3O7/c1-5-40-26(38)21-11-9-14-35(21)25(37)23(28(2,3)4)34-27(39)41-15-8-6-7-10-18-16-20-19(12-13-33-24(20)36)22(17-18)42-29(30,31)32/h7,10,12-13,16-17,21,23H,5-6,8-9,11,14-15H2,1-4H3,(H,33,36)(H,34,39)/b10-7+/t21-,23+/m0/s1. The number of likely N-dealkylation sites (tertiary alicyclic amines) is 1. The van der Waals surface area contributed by atoms with E-state index >= 15 is 0 Å². The largest absolute Gasteiger partial charge is 0.573 e. The second kappa shape index (κ2) is 13.8. The minimum absolute atomic E-state index is 0.0151. The first kappa shape index (κ1) is 32.5. The molecular weight excluding hydrogens is 559 g/mol. The summed E-state index contributed by atoms with van der Waals surface area (Å²) in [5, 5.41) is 12.8. The predicted molar refractivity (Wildman–Crippen MR) is 147 cm³/mol. The van der Waals surface area contributed by atoms with Gasteiger partial charge in [0.1, 0.15) is 17.8 Å². The molecule has 1 aromatic heterocycles. The molecule has 1 saturated heterocycles. The molecule has 0 saturated carbocycles. The predicted octanol–water partition coefficient (Wildman–Crippen LogP) is 5.33. The molecule has 3 rings (SSSR count). The molecule has 230 valence electrons. The van der Waals surface area contributed by atoms with Crippen LogP contribution < -0.4 is 10.1 Å². The lowest BCUT2D eigenvalue weighted by Crippen LogP contribution is -2.56. The number of hydrogen-bond donors (Lipinski definition) is 2. The summed E-state index contributed by atoms with van der Waals surface area (Å²) < 4.78 is 53.2. The zero-order valence-corrected chi connectivity index (χ0v) is 24.0. The van der Waals surface area contributed by atoms with Crippen molar-refractivity contribution in [3.05, 3.63) is 36.0 Å². The van der Waals surface area contributed by atoms with Crippen molar-refractivity contribution in [3.8, 4) is 11.6 Å². The Morgan fingerprint density at radius 1 is 1.19 bits per heavy atom. The molecule has 2 amide bonds. The van der Waals surface area contributed by atoms with Crippen molar-refractivity contribution in [1.82, 2.24) is 15.2 Å². The molecule has 2 atom stereocenters. The number of carbonyl (C=O) groups is 3. The normalized spacial score (nSPS) is 16.5.